The number of H-pyrrole nitrogens is 2. The first-order chi connectivity index (χ1) is 20.3. The molecule has 220 valence electrons. The van der Waals surface area contributed by atoms with Crippen molar-refractivity contribution in [2.24, 2.45) is 0 Å². The number of carbonyl (C=O) groups excluding carboxylic acids is 1. The minimum atomic E-state index is -0.0119. The van der Waals surface area contributed by atoms with E-state index in [4.69, 9.17) is 24.4 Å². The number of rotatable bonds is 10. The van der Waals surface area contributed by atoms with Crippen molar-refractivity contribution in [1.29, 1.82) is 0 Å². The maximum atomic E-state index is 12.8. The molecule has 0 aliphatic heterocycles. The molecule has 1 aliphatic rings. The summed E-state index contributed by atoms with van der Waals surface area (Å²) in [6, 6.07) is 25.6. The lowest BCUT2D eigenvalue weighted by molar-refractivity contribution is -0.116. The van der Waals surface area contributed by atoms with Crippen molar-refractivity contribution in [3.8, 4) is 5.69 Å². The Balaban J connectivity index is 1.19. The monoisotopic (exact) mass is 600 g/mol. The Hall–Kier alpha value is -3.69. The second-order valence-electron chi connectivity index (χ2n) is 11.4. The lowest BCUT2D eigenvalue weighted by Crippen LogP contribution is -2.21. The van der Waals surface area contributed by atoms with E-state index < -0.39 is 0 Å². The van der Waals surface area contributed by atoms with Gasteiger partial charge in [0, 0.05) is 51.2 Å². The van der Waals surface area contributed by atoms with E-state index in [2.05, 4.69) is 95.0 Å². The average molecular weight is 601 g/mol. The number of hydrogen-bond acceptors (Lipinski definition) is 5. The van der Waals surface area contributed by atoms with Crippen LogP contribution >= 0.6 is 24.4 Å². The highest BCUT2D eigenvalue weighted by Gasteiger charge is 2.28. The van der Waals surface area contributed by atoms with Gasteiger partial charge in [-0.05, 0) is 109 Å². The lowest BCUT2D eigenvalue weighted by atomic mass is 9.72. The van der Waals surface area contributed by atoms with E-state index in [9.17, 15) is 4.79 Å². The first-order valence-corrected chi connectivity index (χ1v) is 15.5. The summed E-state index contributed by atoms with van der Waals surface area (Å²) >= 11 is 10.6. The van der Waals surface area contributed by atoms with Gasteiger partial charge in [-0.3, -0.25) is 19.6 Å². The molecule has 2 unspecified atom stereocenters. The molecule has 1 amide bonds. The summed E-state index contributed by atoms with van der Waals surface area (Å²) in [5, 5.41) is 8.70. The van der Waals surface area contributed by atoms with E-state index >= 15 is 0 Å². The molecule has 1 heterocycles. The summed E-state index contributed by atoms with van der Waals surface area (Å²) in [5.41, 5.74) is 6.84. The normalized spacial score (nSPS) is 16.6. The predicted octanol–water partition coefficient (Wildman–Crippen LogP) is 7.95. The number of nitrogens with one attached hydrogen (secondary N) is 3. The molecule has 0 spiro atoms. The Morgan fingerprint density at radius 2 is 1.45 bits per heavy atom. The van der Waals surface area contributed by atoms with Gasteiger partial charge in [0.25, 0.3) is 0 Å². The largest absolute Gasteiger partial charge is 0.378 e. The highest BCUT2D eigenvalue weighted by molar-refractivity contribution is 7.72. The van der Waals surface area contributed by atoms with Gasteiger partial charge in [0.05, 0.1) is 5.69 Å². The van der Waals surface area contributed by atoms with Crippen molar-refractivity contribution >= 4 is 47.4 Å². The summed E-state index contributed by atoms with van der Waals surface area (Å²) in [7, 11) is 6.33. The highest BCUT2D eigenvalue weighted by Crippen LogP contribution is 2.45. The van der Waals surface area contributed by atoms with Gasteiger partial charge < -0.3 is 15.1 Å². The van der Waals surface area contributed by atoms with Crippen LogP contribution in [-0.4, -0.2) is 48.4 Å². The van der Waals surface area contributed by atoms with Gasteiger partial charge >= 0.3 is 0 Å². The van der Waals surface area contributed by atoms with Gasteiger partial charge in [-0.25, -0.2) is 0 Å². The zero-order chi connectivity index (χ0) is 29.6. The molecule has 7 nitrogen and oxygen atoms in total. The van der Waals surface area contributed by atoms with E-state index in [1.807, 2.05) is 24.3 Å². The number of amides is 1. The summed E-state index contributed by atoms with van der Waals surface area (Å²) < 4.78 is 2.68. The third-order valence-electron chi connectivity index (χ3n) is 8.29. The molecule has 0 bridgehead atoms. The molecule has 1 saturated carbocycles. The molecule has 1 fully saturated rings. The Morgan fingerprint density at radius 3 is 2.10 bits per heavy atom. The Bertz CT molecular complexity index is 1610. The number of anilines is 3. The van der Waals surface area contributed by atoms with Gasteiger partial charge in [0.15, 0.2) is 9.54 Å². The number of aromatic amines is 2. The summed E-state index contributed by atoms with van der Waals surface area (Å²) in [5.74, 6) is 1.04. The molecule has 4 aromatic rings. The second kappa shape index (κ2) is 13.5. The van der Waals surface area contributed by atoms with E-state index in [1.165, 1.54) is 48.2 Å². The Morgan fingerprint density at radius 1 is 0.857 bits per heavy atom. The van der Waals surface area contributed by atoms with Crippen LogP contribution in [0.2, 0.25) is 0 Å². The number of hydrogen-bond donors (Lipinski definition) is 3. The van der Waals surface area contributed by atoms with Crippen LogP contribution in [-0.2, 0) is 4.79 Å². The Kier molecular flexibility index (Phi) is 9.59. The van der Waals surface area contributed by atoms with Crippen LogP contribution in [0, 0.1) is 9.54 Å². The summed E-state index contributed by atoms with van der Waals surface area (Å²) in [6.45, 7) is 0.795. The van der Waals surface area contributed by atoms with Crippen LogP contribution < -0.4 is 15.1 Å². The first-order valence-electron chi connectivity index (χ1n) is 14.7. The molecular formula is C33H40N6OS2. The molecule has 1 aromatic heterocycles. The van der Waals surface area contributed by atoms with Crippen molar-refractivity contribution in [1.82, 2.24) is 14.8 Å². The minimum absolute atomic E-state index is 0.0119. The van der Waals surface area contributed by atoms with Gasteiger partial charge in [-0.15, -0.1) is 0 Å². The highest BCUT2D eigenvalue weighted by atomic mass is 32.1. The van der Waals surface area contributed by atoms with Crippen LogP contribution in [0.1, 0.15) is 61.5 Å². The van der Waals surface area contributed by atoms with Crippen LogP contribution in [0.3, 0.4) is 0 Å². The van der Waals surface area contributed by atoms with E-state index in [0.29, 0.717) is 33.5 Å². The van der Waals surface area contributed by atoms with Crippen LogP contribution in [0.25, 0.3) is 5.69 Å². The van der Waals surface area contributed by atoms with Crippen molar-refractivity contribution < 1.29 is 4.79 Å². The number of carbonyl (C=O) groups is 1. The van der Waals surface area contributed by atoms with Crippen LogP contribution in [0.15, 0.2) is 72.8 Å². The molecule has 5 rings (SSSR count). The zero-order valence-electron chi connectivity index (χ0n) is 24.6. The van der Waals surface area contributed by atoms with Crippen molar-refractivity contribution in [3.05, 3.63) is 93.5 Å². The second-order valence-corrected chi connectivity index (χ2v) is 12.2. The molecular weight excluding hydrogens is 561 g/mol. The quantitative estimate of drug-likeness (QED) is 0.161. The van der Waals surface area contributed by atoms with E-state index in [1.54, 1.807) is 4.57 Å². The van der Waals surface area contributed by atoms with Gasteiger partial charge in [-0.1, -0.05) is 43.2 Å². The number of nitrogens with zero attached hydrogens (tertiary/aromatic N) is 3. The average Bonchev–Trinajstić information content (AvgIpc) is 3.34. The molecule has 2 atom stereocenters. The van der Waals surface area contributed by atoms with Gasteiger partial charge in [0.2, 0.25) is 5.91 Å². The third-order valence-corrected chi connectivity index (χ3v) is 8.86. The molecule has 3 aromatic carbocycles. The maximum Gasteiger partial charge on any atom is 0.224 e. The molecule has 0 saturated heterocycles. The van der Waals surface area contributed by atoms with Crippen molar-refractivity contribution in [2.45, 2.75) is 50.4 Å². The molecule has 42 heavy (non-hydrogen) atoms. The molecule has 3 N–H and O–H groups in total. The molecule has 9 heteroatoms. The summed E-state index contributed by atoms with van der Waals surface area (Å²) in [6.07, 6.45) is 6.19. The SMILES string of the molecule is CN(C)c1cccc(C2CCCCC2c2cccc(N(C)CCCC(=O)Nc3cccc(-n4c(=S)[nH][nH]c4=S)c3)c2)c1. The van der Waals surface area contributed by atoms with Crippen LogP contribution in [0.4, 0.5) is 17.1 Å². The fourth-order valence-electron chi connectivity index (χ4n) is 6.05. The number of benzene rings is 3. The predicted molar refractivity (Wildman–Crippen MR) is 178 cm³/mol. The van der Waals surface area contributed by atoms with E-state index in [-0.39, 0.29) is 5.91 Å². The molecule has 0 radical (unpaired) electrons. The summed E-state index contributed by atoms with van der Waals surface area (Å²) in [4.78, 5) is 17.2. The fourth-order valence-corrected chi connectivity index (χ4v) is 6.61. The topological polar surface area (TPSA) is 72.1 Å². The minimum Gasteiger partial charge on any atom is -0.378 e. The molecule has 1 aliphatic carbocycles. The number of aromatic nitrogens is 3. The zero-order valence-corrected chi connectivity index (χ0v) is 26.2. The third kappa shape index (κ3) is 7.02. The standard InChI is InChI=1S/C33H40N6OS2/c1-37(2)26-13-6-10-23(20-26)29-16-4-5-17-30(29)24-11-7-14-27(21-24)38(3)19-9-18-31(40)34-25-12-8-15-28(22-25)39-32(41)35-36-33(39)42/h6-8,10-15,20-22,29-30H,4-5,9,16-19H2,1-3H3,(H,34,40)(H,35,41)(H,36,42). The lowest BCUT2D eigenvalue weighted by Gasteiger charge is -2.33. The Labute approximate surface area is 258 Å². The van der Waals surface area contributed by atoms with Crippen molar-refractivity contribution in [3.63, 3.8) is 0 Å². The van der Waals surface area contributed by atoms with E-state index in [0.717, 1.165) is 18.7 Å². The van der Waals surface area contributed by atoms with Gasteiger partial charge in [0.1, 0.15) is 0 Å². The van der Waals surface area contributed by atoms with Crippen molar-refractivity contribution in [2.75, 3.05) is 42.8 Å². The fraction of sp³-hybridized carbons (Fsp3) is 0.364. The smallest absolute Gasteiger partial charge is 0.224 e. The first kappa shape index (κ1) is 29.8. The maximum absolute atomic E-state index is 12.8. The van der Waals surface area contributed by atoms with Crippen LogP contribution in [0.5, 0.6) is 0 Å². The van der Waals surface area contributed by atoms with Gasteiger partial charge in [-0.2, -0.15) is 0 Å².